The van der Waals surface area contributed by atoms with Gasteiger partial charge >= 0.3 is 0 Å². The first-order valence-electron chi connectivity index (χ1n) is 8.99. The van der Waals surface area contributed by atoms with Gasteiger partial charge in [-0.3, -0.25) is 4.79 Å². The first kappa shape index (κ1) is 17.9. The lowest BCUT2D eigenvalue weighted by atomic mass is 9.99. The normalized spacial score (nSPS) is 14.7. The smallest absolute Gasteiger partial charge is 0.271 e. The number of carbonyl (C=O) groups is 1. The van der Waals surface area contributed by atoms with Crippen molar-refractivity contribution in [3.05, 3.63) is 55.0 Å². The van der Waals surface area contributed by atoms with Crippen molar-refractivity contribution >= 4 is 23.1 Å². The molecule has 1 fully saturated rings. The highest BCUT2D eigenvalue weighted by Crippen LogP contribution is 2.25. The van der Waals surface area contributed by atoms with E-state index in [1.807, 2.05) is 12.1 Å². The molecule has 0 aliphatic carbocycles. The minimum atomic E-state index is -0.260. The molecule has 1 aliphatic heterocycles. The van der Waals surface area contributed by atoms with Gasteiger partial charge in [0, 0.05) is 31.0 Å². The monoisotopic (exact) mass is 351 g/mol. The van der Waals surface area contributed by atoms with Gasteiger partial charge in [-0.25, -0.2) is 9.97 Å². The number of hydrogen-bond donors (Lipinski definition) is 2. The molecule has 0 saturated carbocycles. The van der Waals surface area contributed by atoms with Crippen molar-refractivity contribution in [1.82, 2.24) is 15.3 Å². The van der Waals surface area contributed by atoms with Gasteiger partial charge in [0.25, 0.3) is 5.91 Å². The molecule has 6 nitrogen and oxygen atoms in total. The second kappa shape index (κ2) is 8.47. The summed E-state index contributed by atoms with van der Waals surface area (Å²) in [4.78, 5) is 22.6. The molecule has 0 unspecified atom stereocenters. The molecule has 1 saturated heterocycles. The third-order valence-corrected chi connectivity index (χ3v) is 4.58. The zero-order valence-corrected chi connectivity index (χ0v) is 15.1. The Labute approximate surface area is 154 Å². The van der Waals surface area contributed by atoms with Gasteiger partial charge < -0.3 is 15.5 Å². The van der Waals surface area contributed by atoms with Crippen LogP contribution in [0, 0.1) is 5.92 Å². The molecule has 6 heteroatoms. The Bertz CT molecular complexity index is 734. The molecule has 26 heavy (non-hydrogen) atoms. The van der Waals surface area contributed by atoms with Crippen molar-refractivity contribution < 1.29 is 4.79 Å². The largest absolute Gasteiger partial charge is 0.372 e. The van der Waals surface area contributed by atoms with E-state index in [-0.39, 0.29) is 11.6 Å². The first-order chi connectivity index (χ1) is 12.7. The molecule has 0 atom stereocenters. The highest BCUT2D eigenvalue weighted by atomic mass is 16.1. The Hall–Kier alpha value is -2.89. The molecule has 1 aromatic carbocycles. The summed E-state index contributed by atoms with van der Waals surface area (Å²) in [6.07, 6.45) is 7.15. The molecule has 2 heterocycles. The van der Waals surface area contributed by atoms with E-state index < -0.39 is 0 Å². The zero-order valence-electron chi connectivity index (χ0n) is 15.1. The van der Waals surface area contributed by atoms with E-state index in [0.717, 1.165) is 24.7 Å². The summed E-state index contributed by atoms with van der Waals surface area (Å²) < 4.78 is 0. The number of hydrogen-bond acceptors (Lipinski definition) is 5. The standard InChI is InChI=1S/C20H25N5O/c1-3-10-21-20(26)18-13-23-19(14-22-18)24-16-4-6-17(7-5-16)25-11-8-15(2)9-12-25/h3-7,13-15H,1,8-12H2,2H3,(H,21,26)(H,23,24). The van der Waals surface area contributed by atoms with Crippen molar-refractivity contribution in [2.45, 2.75) is 19.8 Å². The maximum atomic E-state index is 11.8. The number of nitrogens with one attached hydrogen (secondary N) is 2. The van der Waals surface area contributed by atoms with Crippen LogP contribution in [0.1, 0.15) is 30.3 Å². The minimum Gasteiger partial charge on any atom is -0.372 e. The number of rotatable bonds is 6. The van der Waals surface area contributed by atoms with Crippen LogP contribution in [-0.4, -0.2) is 35.5 Å². The molecule has 0 spiro atoms. The Morgan fingerprint density at radius 1 is 1.23 bits per heavy atom. The van der Waals surface area contributed by atoms with Crippen LogP contribution < -0.4 is 15.5 Å². The highest BCUT2D eigenvalue weighted by molar-refractivity contribution is 5.92. The van der Waals surface area contributed by atoms with E-state index in [4.69, 9.17) is 0 Å². The number of anilines is 3. The third-order valence-electron chi connectivity index (χ3n) is 4.58. The molecule has 0 bridgehead atoms. The summed E-state index contributed by atoms with van der Waals surface area (Å²) in [7, 11) is 0. The molecule has 1 aliphatic rings. The number of benzene rings is 1. The van der Waals surface area contributed by atoms with Crippen molar-refractivity contribution in [3.63, 3.8) is 0 Å². The van der Waals surface area contributed by atoms with Crippen molar-refractivity contribution in [2.24, 2.45) is 5.92 Å². The van der Waals surface area contributed by atoms with E-state index in [1.165, 1.54) is 24.7 Å². The van der Waals surface area contributed by atoms with Crippen LogP contribution in [0.15, 0.2) is 49.3 Å². The van der Waals surface area contributed by atoms with Crippen LogP contribution in [0.3, 0.4) is 0 Å². The topological polar surface area (TPSA) is 70.2 Å². The zero-order chi connectivity index (χ0) is 18.4. The Kier molecular flexibility index (Phi) is 5.84. The van der Waals surface area contributed by atoms with Gasteiger partial charge in [-0.2, -0.15) is 0 Å². The molecule has 1 amide bonds. The molecule has 3 rings (SSSR count). The molecular weight excluding hydrogens is 326 g/mol. The summed E-state index contributed by atoms with van der Waals surface area (Å²) in [5.74, 6) is 1.17. The number of piperidine rings is 1. The molecule has 2 N–H and O–H groups in total. The predicted molar refractivity (Wildman–Crippen MR) is 105 cm³/mol. The van der Waals surface area contributed by atoms with Crippen LogP contribution in [0.2, 0.25) is 0 Å². The van der Waals surface area contributed by atoms with Crippen molar-refractivity contribution in [1.29, 1.82) is 0 Å². The second-order valence-corrected chi connectivity index (χ2v) is 6.63. The predicted octanol–water partition coefficient (Wildman–Crippen LogP) is 3.37. The summed E-state index contributed by atoms with van der Waals surface area (Å²) in [5, 5.41) is 5.88. The van der Waals surface area contributed by atoms with E-state index in [9.17, 15) is 4.79 Å². The first-order valence-corrected chi connectivity index (χ1v) is 8.99. The van der Waals surface area contributed by atoms with Gasteiger partial charge in [0.1, 0.15) is 11.5 Å². The molecular formula is C20H25N5O. The fourth-order valence-corrected chi connectivity index (χ4v) is 2.94. The summed E-state index contributed by atoms with van der Waals surface area (Å²) in [6.45, 7) is 8.53. The average molecular weight is 351 g/mol. The van der Waals surface area contributed by atoms with E-state index >= 15 is 0 Å². The SMILES string of the molecule is C=CCNC(=O)c1cnc(Nc2ccc(N3CCC(C)CC3)cc2)cn1. The lowest BCUT2D eigenvalue weighted by molar-refractivity contribution is 0.0952. The molecule has 2 aromatic rings. The van der Waals surface area contributed by atoms with Crippen LogP contribution in [-0.2, 0) is 0 Å². The van der Waals surface area contributed by atoms with Crippen molar-refractivity contribution in [2.75, 3.05) is 29.9 Å². The fraction of sp³-hybridized carbons (Fsp3) is 0.350. The fourth-order valence-electron chi connectivity index (χ4n) is 2.94. The quantitative estimate of drug-likeness (QED) is 0.781. The van der Waals surface area contributed by atoms with Gasteiger partial charge in [0.15, 0.2) is 0 Å². The lowest BCUT2D eigenvalue weighted by Crippen LogP contribution is -2.32. The highest BCUT2D eigenvalue weighted by Gasteiger charge is 2.15. The molecule has 136 valence electrons. The Morgan fingerprint density at radius 3 is 2.58 bits per heavy atom. The molecule has 0 radical (unpaired) electrons. The molecule has 1 aromatic heterocycles. The van der Waals surface area contributed by atoms with E-state index in [2.05, 4.69) is 51.1 Å². The second-order valence-electron chi connectivity index (χ2n) is 6.63. The summed E-state index contributed by atoms with van der Waals surface area (Å²) in [5.41, 5.74) is 2.48. The van der Waals surface area contributed by atoms with Crippen molar-refractivity contribution in [3.8, 4) is 0 Å². The lowest BCUT2D eigenvalue weighted by Gasteiger charge is -2.32. The van der Waals surface area contributed by atoms with E-state index in [0.29, 0.717) is 12.4 Å². The van der Waals surface area contributed by atoms with Gasteiger partial charge in [0.05, 0.1) is 12.4 Å². The Balaban J connectivity index is 1.58. The number of amides is 1. The van der Waals surface area contributed by atoms with Gasteiger partial charge in [-0.15, -0.1) is 6.58 Å². The summed E-state index contributed by atoms with van der Waals surface area (Å²) >= 11 is 0. The van der Waals surface area contributed by atoms with Crippen LogP contribution in [0.4, 0.5) is 17.2 Å². The minimum absolute atomic E-state index is 0.260. The van der Waals surface area contributed by atoms with Gasteiger partial charge in [-0.1, -0.05) is 13.0 Å². The summed E-state index contributed by atoms with van der Waals surface area (Å²) in [6, 6.07) is 8.34. The number of nitrogens with zero attached hydrogens (tertiary/aromatic N) is 3. The maximum Gasteiger partial charge on any atom is 0.271 e. The van der Waals surface area contributed by atoms with Crippen LogP contribution in [0.25, 0.3) is 0 Å². The van der Waals surface area contributed by atoms with Gasteiger partial charge in [-0.05, 0) is 43.0 Å². The maximum absolute atomic E-state index is 11.8. The average Bonchev–Trinajstić information content (AvgIpc) is 2.68. The number of aromatic nitrogens is 2. The van der Waals surface area contributed by atoms with Crippen LogP contribution in [0.5, 0.6) is 0 Å². The van der Waals surface area contributed by atoms with Gasteiger partial charge in [0.2, 0.25) is 0 Å². The van der Waals surface area contributed by atoms with Crippen LogP contribution >= 0.6 is 0 Å². The number of carbonyl (C=O) groups excluding carboxylic acids is 1. The third kappa shape index (κ3) is 4.59. The Morgan fingerprint density at radius 2 is 1.96 bits per heavy atom. The van der Waals surface area contributed by atoms with E-state index in [1.54, 1.807) is 12.3 Å².